The second kappa shape index (κ2) is 41.1. The van der Waals surface area contributed by atoms with E-state index < -0.39 is 0 Å². The lowest BCUT2D eigenvalue weighted by Crippen LogP contribution is -1.93. The maximum atomic E-state index is 3.83. The number of hydrogen-bond acceptors (Lipinski definition) is 3. The smallest absolute Gasteiger partial charge is 0.0791 e. The number of aryl methyl sites for hydroxylation is 1. The van der Waals surface area contributed by atoms with Crippen LogP contribution in [0.3, 0.4) is 0 Å². The molecular formula is C40H81N3S. The van der Waals surface area contributed by atoms with Crippen molar-refractivity contribution in [2.45, 2.75) is 151 Å². The summed E-state index contributed by atoms with van der Waals surface area (Å²) in [6.45, 7) is 40.6. The molecule has 4 rings (SSSR count). The molecule has 1 aromatic carbocycles. The molecule has 3 aromatic rings. The average Bonchev–Trinajstić information content (AvgIpc) is 3.34. The third-order valence-corrected chi connectivity index (χ3v) is 3.67. The quantitative estimate of drug-likeness (QED) is 0.280. The van der Waals surface area contributed by atoms with E-state index in [1.807, 2.05) is 103 Å². The summed E-state index contributed by atoms with van der Waals surface area (Å²) in [6, 6.07) is 13.9. The van der Waals surface area contributed by atoms with Gasteiger partial charge in [0.15, 0.2) is 0 Å². The first-order chi connectivity index (χ1) is 20.4. The van der Waals surface area contributed by atoms with E-state index in [1.54, 1.807) is 33.9 Å². The Morgan fingerprint density at radius 3 is 1.09 bits per heavy atom. The number of nitrogens with zero attached hydrogens (tertiary/aromatic N) is 3. The van der Waals surface area contributed by atoms with Gasteiger partial charge in [0, 0.05) is 31.0 Å². The summed E-state index contributed by atoms with van der Waals surface area (Å²) < 4.78 is 1.75. The minimum absolute atomic E-state index is 0.500. The fourth-order valence-electron chi connectivity index (χ4n) is 1.93. The summed E-state index contributed by atoms with van der Waals surface area (Å²) in [5.41, 5.74) is 2.79. The topological polar surface area (TPSA) is 30.7 Å². The van der Waals surface area contributed by atoms with E-state index in [2.05, 4.69) is 100 Å². The number of benzene rings is 1. The molecule has 0 aliphatic heterocycles. The molecule has 4 heteroatoms. The Morgan fingerprint density at radius 2 is 1.00 bits per heavy atom. The van der Waals surface area contributed by atoms with Crippen molar-refractivity contribution in [2.24, 2.45) is 35.6 Å². The van der Waals surface area contributed by atoms with E-state index in [1.165, 1.54) is 19.3 Å². The van der Waals surface area contributed by atoms with Gasteiger partial charge in [-0.1, -0.05) is 181 Å². The Hall–Kier alpha value is -1.94. The van der Waals surface area contributed by atoms with Crippen molar-refractivity contribution in [1.82, 2.24) is 14.8 Å². The number of rotatable bonds is 2. The van der Waals surface area contributed by atoms with Gasteiger partial charge in [0.2, 0.25) is 0 Å². The molecule has 0 unspecified atom stereocenters. The first-order valence-corrected chi connectivity index (χ1v) is 18.1. The van der Waals surface area contributed by atoms with Crippen LogP contribution < -0.4 is 0 Å². The summed E-state index contributed by atoms with van der Waals surface area (Å²) in [5, 5.41) is 5.76. The van der Waals surface area contributed by atoms with Crippen LogP contribution in [-0.2, 0) is 7.05 Å². The molecule has 1 aliphatic carbocycles. The number of thiazole rings is 1. The van der Waals surface area contributed by atoms with Crippen molar-refractivity contribution in [3.63, 3.8) is 0 Å². The molecule has 0 atom stereocenters. The second-order valence-electron chi connectivity index (χ2n) is 13.8. The monoisotopic (exact) mass is 636 g/mol. The van der Waals surface area contributed by atoms with Gasteiger partial charge in [0.25, 0.3) is 0 Å². The van der Waals surface area contributed by atoms with Gasteiger partial charge in [0.1, 0.15) is 0 Å². The third kappa shape index (κ3) is 115. The fourth-order valence-corrected chi connectivity index (χ4v) is 2.28. The SMILES string of the molecule is CC.CC.CC.CC(C)(C)C.CC(C)(C)C.CC(C)C.CC(C)CC1CC1.Cn1cccn1.c1ccccc1.c1cscn1. The highest BCUT2D eigenvalue weighted by Crippen LogP contribution is 2.34. The second-order valence-corrected chi connectivity index (χ2v) is 14.6. The maximum Gasteiger partial charge on any atom is 0.0791 e. The summed E-state index contributed by atoms with van der Waals surface area (Å²) in [7, 11) is 1.89. The van der Waals surface area contributed by atoms with Crippen LogP contribution in [-0.4, -0.2) is 14.8 Å². The lowest BCUT2D eigenvalue weighted by atomic mass is 10.0. The third-order valence-electron chi connectivity index (χ3n) is 3.15. The fraction of sp³-hybridized carbons (Fsp3) is 0.700. The van der Waals surface area contributed by atoms with Crippen molar-refractivity contribution >= 4 is 11.3 Å². The Morgan fingerprint density at radius 1 is 0.659 bits per heavy atom. The van der Waals surface area contributed by atoms with Gasteiger partial charge in [-0.15, -0.1) is 11.3 Å². The molecule has 0 bridgehead atoms. The van der Waals surface area contributed by atoms with E-state index in [0.29, 0.717) is 10.8 Å². The highest BCUT2D eigenvalue weighted by atomic mass is 32.1. The molecule has 2 aromatic heterocycles. The summed E-state index contributed by atoms with van der Waals surface area (Å²) in [5.74, 6) is 2.90. The molecule has 3 nitrogen and oxygen atoms in total. The molecule has 0 N–H and O–H groups in total. The number of aromatic nitrogens is 3. The minimum atomic E-state index is 0.500. The Balaban J connectivity index is -0.0000000936. The molecule has 262 valence electrons. The van der Waals surface area contributed by atoms with Gasteiger partial charge in [0.05, 0.1) is 5.51 Å². The molecule has 1 aliphatic rings. The predicted octanol–water partition coefficient (Wildman–Crippen LogP) is 14.5. The van der Waals surface area contributed by atoms with Crippen LogP contribution in [0.15, 0.2) is 71.9 Å². The van der Waals surface area contributed by atoms with Crippen LogP contribution >= 0.6 is 11.3 Å². The van der Waals surface area contributed by atoms with Crippen LogP contribution in [0.5, 0.6) is 0 Å². The van der Waals surface area contributed by atoms with Gasteiger partial charge >= 0.3 is 0 Å². The molecule has 1 saturated carbocycles. The normalized spacial score (nSPS) is 10.5. The van der Waals surface area contributed by atoms with Crippen LogP contribution in [0.4, 0.5) is 0 Å². The standard InChI is InChI=1S/C7H14.C6H6.2C5H12.C4H6N2.C4H10.C3H3NS.3C2H6/c1-6(2)5-7-3-4-7;1-2-4-6-5-3-1;2*1-5(2,3)4;1-6-4-2-3-5-6;1-4(2)3;1-2-5-3-4-1;3*1-2/h6-7H,3-5H2,1-2H3;1-6H;2*1-4H3;2-4H,1H3;4H,1-3H3;1-3H;3*1-2H3. The number of hydrogen-bond donors (Lipinski definition) is 0. The van der Waals surface area contributed by atoms with Crippen molar-refractivity contribution in [1.29, 1.82) is 0 Å². The Kier molecular flexibility index (Phi) is 50.9. The van der Waals surface area contributed by atoms with Crippen molar-refractivity contribution < 1.29 is 0 Å². The van der Waals surface area contributed by atoms with E-state index in [0.717, 1.165) is 17.8 Å². The van der Waals surface area contributed by atoms with Crippen LogP contribution in [0.2, 0.25) is 0 Å². The molecule has 0 radical (unpaired) electrons. The van der Waals surface area contributed by atoms with Crippen LogP contribution in [0.1, 0.15) is 151 Å². The largest absolute Gasteiger partial charge is 0.276 e. The zero-order chi connectivity index (χ0) is 36.0. The van der Waals surface area contributed by atoms with Gasteiger partial charge in [-0.3, -0.25) is 9.67 Å². The van der Waals surface area contributed by atoms with Crippen LogP contribution in [0.25, 0.3) is 0 Å². The Labute approximate surface area is 283 Å². The van der Waals surface area contributed by atoms with Gasteiger partial charge in [-0.25, -0.2) is 0 Å². The lowest BCUT2D eigenvalue weighted by Gasteiger charge is -2.05. The molecule has 0 spiro atoms. The minimum Gasteiger partial charge on any atom is -0.276 e. The van der Waals surface area contributed by atoms with Crippen LogP contribution in [0, 0.1) is 28.6 Å². The van der Waals surface area contributed by atoms with E-state index in [9.17, 15) is 0 Å². The maximum absolute atomic E-state index is 3.83. The molecule has 2 heterocycles. The first-order valence-electron chi connectivity index (χ1n) is 17.2. The van der Waals surface area contributed by atoms with Gasteiger partial charge in [-0.05, 0) is 41.1 Å². The van der Waals surface area contributed by atoms with Crippen molar-refractivity contribution in [2.75, 3.05) is 0 Å². The average molecular weight is 636 g/mol. The van der Waals surface area contributed by atoms with Gasteiger partial charge in [-0.2, -0.15) is 5.10 Å². The summed E-state index contributed by atoms with van der Waals surface area (Å²) in [4.78, 5) is 3.74. The van der Waals surface area contributed by atoms with Gasteiger partial charge < -0.3 is 0 Å². The van der Waals surface area contributed by atoms with E-state index in [4.69, 9.17) is 0 Å². The van der Waals surface area contributed by atoms with E-state index >= 15 is 0 Å². The summed E-state index contributed by atoms with van der Waals surface area (Å²) in [6.07, 6.45) is 9.90. The predicted molar refractivity (Wildman–Crippen MR) is 209 cm³/mol. The molecule has 44 heavy (non-hydrogen) atoms. The van der Waals surface area contributed by atoms with Crippen molar-refractivity contribution in [3.05, 3.63) is 71.9 Å². The molecule has 0 amide bonds. The zero-order valence-corrected chi connectivity index (χ0v) is 34.3. The molecule has 0 saturated heterocycles. The van der Waals surface area contributed by atoms with Crippen molar-refractivity contribution in [3.8, 4) is 0 Å². The lowest BCUT2D eigenvalue weighted by molar-refractivity contribution is 0.469. The highest BCUT2D eigenvalue weighted by Gasteiger charge is 2.21. The highest BCUT2D eigenvalue weighted by molar-refractivity contribution is 7.07. The molecular weight excluding hydrogens is 555 g/mol. The Bertz CT molecular complexity index is 692. The first kappa shape index (κ1) is 54.5. The molecule has 1 fully saturated rings. The zero-order valence-electron chi connectivity index (χ0n) is 33.5. The van der Waals surface area contributed by atoms with E-state index in [-0.39, 0.29) is 0 Å². The summed E-state index contributed by atoms with van der Waals surface area (Å²) >= 11 is 1.60.